The quantitative estimate of drug-likeness (QED) is 0.156. The lowest BCUT2D eigenvalue weighted by molar-refractivity contribution is 0.569. The molecule has 0 bridgehead atoms. The first kappa shape index (κ1) is 66.3. The largest absolute Gasteiger partial charge is 0.452 e. The summed E-state index contributed by atoms with van der Waals surface area (Å²) < 4.78 is 66.8. The van der Waals surface area contributed by atoms with Crippen LogP contribution in [0.25, 0.3) is 121 Å². The zero-order chi connectivity index (χ0) is 83.4. The van der Waals surface area contributed by atoms with E-state index in [1.165, 1.54) is 54.9 Å². The van der Waals surface area contributed by atoms with Crippen LogP contribution in [-0.4, -0.2) is 15.8 Å². The molecular formula is C106H103BN4O2. The second-order valence-corrected chi connectivity index (χ2v) is 39.5. The molecule has 0 unspecified atom stereocenters. The minimum absolute atomic E-state index is 0.0778. The molecule has 17 aromatic rings. The Bertz CT molecular complexity index is 6990. The van der Waals surface area contributed by atoms with Gasteiger partial charge in [0.1, 0.15) is 0 Å². The number of rotatable bonds is 6. The first-order chi connectivity index (χ1) is 55.5. The van der Waals surface area contributed by atoms with Gasteiger partial charge in [0.2, 0.25) is 0 Å². The van der Waals surface area contributed by atoms with Crippen LogP contribution in [0.1, 0.15) is 191 Å². The zero-order valence-corrected chi connectivity index (χ0v) is 69.4. The van der Waals surface area contributed by atoms with Crippen molar-refractivity contribution in [3.8, 4) is 33.6 Å². The van der Waals surface area contributed by atoms with E-state index < -0.39 is 30.3 Å². The summed E-state index contributed by atoms with van der Waals surface area (Å²) in [6.07, 6.45) is 0. The third-order valence-corrected chi connectivity index (χ3v) is 24.6. The standard InChI is InChI=1S/C106H103BN4O2/c1-100(2,3)66-41-47-83-77(56-66)78-57-67(101(4,5)6)42-48-84(78)108(83)87-35-25-31-73-75-33-27-37-89(98(75)112-96(73)87)110-91-53-63(62-29-23-22-24-30-62)39-45-81(91)107-82-46-40-64(65-51-70(104(13,14)15)55-71(52-65)105(16,17)18)54-92(82)111(94-61-72(106(19,20)21)60-93(110)95(94)107)90-38-28-34-76-74-32-26-36-88(97(74)113-99(76)90)109-85-49-43-68(102(7,8)9)58-79(85)80-59-69(103(10,11)12)44-50-86(80)109/h22-61H,1-21H3/i22D,23D,24D,29D,30D. The monoisotopic (exact) mass is 1480 g/mol. The van der Waals surface area contributed by atoms with Crippen molar-refractivity contribution in [3.05, 3.63) is 281 Å². The molecule has 0 amide bonds. The van der Waals surface area contributed by atoms with Gasteiger partial charge in [-0.25, -0.2) is 0 Å². The molecule has 0 N–H and O–H groups in total. The van der Waals surface area contributed by atoms with Crippen LogP contribution < -0.4 is 26.2 Å². The lowest BCUT2D eigenvalue weighted by Crippen LogP contribution is -2.61. The van der Waals surface area contributed by atoms with Gasteiger partial charge >= 0.3 is 0 Å². The van der Waals surface area contributed by atoms with Crippen LogP contribution in [0, 0.1) is 0 Å². The lowest BCUT2D eigenvalue weighted by atomic mass is 9.33. The molecule has 7 heteroatoms. The van der Waals surface area contributed by atoms with Gasteiger partial charge in [0, 0.05) is 65.8 Å². The molecule has 2 aliphatic rings. The van der Waals surface area contributed by atoms with Crippen molar-refractivity contribution in [3.63, 3.8) is 0 Å². The third-order valence-electron chi connectivity index (χ3n) is 24.6. The number of nitrogens with zero attached hydrogens (tertiary/aromatic N) is 4. The molecule has 113 heavy (non-hydrogen) atoms. The van der Waals surface area contributed by atoms with Crippen LogP contribution in [0.3, 0.4) is 0 Å². The zero-order valence-electron chi connectivity index (χ0n) is 74.4. The van der Waals surface area contributed by atoms with Crippen LogP contribution in [0.5, 0.6) is 0 Å². The van der Waals surface area contributed by atoms with E-state index in [0.717, 1.165) is 139 Å². The summed E-state index contributed by atoms with van der Waals surface area (Å²) in [4.78, 5) is 4.87. The second kappa shape index (κ2) is 24.6. The van der Waals surface area contributed by atoms with Crippen molar-refractivity contribution in [1.29, 1.82) is 0 Å². The smallest absolute Gasteiger partial charge is 0.252 e. The van der Waals surface area contributed by atoms with Gasteiger partial charge in [-0.2, -0.15) is 0 Å². The Hall–Kier alpha value is -11.3. The normalized spacial score (nSPS) is 14.5. The molecule has 0 atom stereocenters. The van der Waals surface area contributed by atoms with Crippen molar-refractivity contribution in [2.45, 2.75) is 183 Å². The summed E-state index contributed by atoms with van der Waals surface area (Å²) in [5.74, 6) is 0. The predicted octanol–water partition coefficient (Wildman–Crippen LogP) is 28.2. The molecule has 562 valence electrons. The molecule has 6 nitrogen and oxygen atoms in total. The summed E-state index contributed by atoms with van der Waals surface area (Å²) in [6, 6.07) is 77.8. The molecular weight excluding hydrogens is 1370 g/mol. The van der Waals surface area contributed by atoms with Crippen molar-refractivity contribution in [2.24, 2.45) is 0 Å². The van der Waals surface area contributed by atoms with Crippen molar-refractivity contribution in [1.82, 2.24) is 9.13 Å². The Labute approximate surface area is 673 Å². The van der Waals surface area contributed by atoms with E-state index in [4.69, 9.17) is 12.9 Å². The molecule has 6 heterocycles. The van der Waals surface area contributed by atoms with E-state index >= 15 is 0 Å². The predicted molar refractivity (Wildman–Crippen MR) is 485 cm³/mol. The summed E-state index contributed by atoms with van der Waals surface area (Å²) >= 11 is 0. The lowest BCUT2D eigenvalue weighted by Gasteiger charge is -2.45. The van der Waals surface area contributed by atoms with E-state index in [2.05, 4.69) is 371 Å². The molecule has 0 radical (unpaired) electrons. The van der Waals surface area contributed by atoms with Crippen LogP contribution in [0.4, 0.5) is 34.1 Å². The Morgan fingerprint density at radius 3 is 0.894 bits per heavy atom. The maximum atomic E-state index is 9.60. The third kappa shape index (κ3) is 11.5. The fraction of sp³-hybridized carbons (Fsp3) is 0.264. The van der Waals surface area contributed by atoms with E-state index in [9.17, 15) is 2.74 Å². The Morgan fingerprint density at radius 2 is 0.558 bits per heavy atom. The first-order valence-electron chi connectivity index (χ1n) is 42.9. The van der Waals surface area contributed by atoms with Gasteiger partial charge in [-0.15, -0.1) is 0 Å². The fourth-order valence-electron chi connectivity index (χ4n) is 18.0. The number of anilines is 6. The van der Waals surface area contributed by atoms with Crippen LogP contribution in [0.15, 0.2) is 251 Å². The van der Waals surface area contributed by atoms with Gasteiger partial charge in [-0.3, -0.25) is 0 Å². The van der Waals surface area contributed by atoms with E-state index in [1.807, 2.05) is 6.07 Å². The number of para-hydroxylation sites is 4. The topological polar surface area (TPSA) is 42.6 Å². The van der Waals surface area contributed by atoms with Crippen molar-refractivity contribution < 1.29 is 15.7 Å². The van der Waals surface area contributed by atoms with Crippen molar-refractivity contribution in [2.75, 3.05) is 9.80 Å². The van der Waals surface area contributed by atoms with Crippen LogP contribution in [0.2, 0.25) is 0 Å². The number of fused-ring (bicyclic) bond motifs is 16. The summed E-state index contributed by atoms with van der Waals surface area (Å²) in [6.45, 7) is 47.7. The first-order valence-corrected chi connectivity index (χ1v) is 40.4. The summed E-state index contributed by atoms with van der Waals surface area (Å²) in [5, 5.41) is 8.65. The Kier molecular flexibility index (Phi) is 14.5. The van der Waals surface area contributed by atoms with Gasteiger partial charge in [0.25, 0.3) is 6.71 Å². The minimum atomic E-state index is -0.444. The van der Waals surface area contributed by atoms with Gasteiger partial charge < -0.3 is 27.8 Å². The molecule has 0 spiro atoms. The summed E-state index contributed by atoms with van der Waals surface area (Å²) in [5.41, 5.74) is 28.0. The van der Waals surface area contributed by atoms with Gasteiger partial charge in [0.15, 0.2) is 22.3 Å². The van der Waals surface area contributed by atoms with E-state index in [1.54, 1.807) is 0 Å². The van der Waals surface area contributed by atoms with E-state index in [-0.39, 0.29) is 50.1 Å². The minimum Gasteiger partial charge on any atom is -0.452 e. The number of aromatic nitrogens is 2. The average Bonchev–Trinajstić information content (AvgIpc) is 0.748. The van der Waals surface area contributed by atoms with Crippen LogP contribution in [-0.2, 0) is 37.9 Å². The van der Waals surface area contributed by atoms with Crippen LogP contribution >= 0.6 is 0 Å². The molecule has 19 rings (SSSR count). The number of furan rings is 2. The van der Waals surface area contributed by atoms with Crippen molar-refractivity contribution >= 4 is 145 Å². The highest BCUT2D eigenvalue weighted by atomic mass is 16.3. The molecule has 0 saturated carbocycles. The summed E-state index contributed by atoms with van der Waals surface area (Å²) in [7, 11) is 0. The average molecular weight is 1480 g/mol. The maximum Gasteiger partial charge on any atom is 0.252 e. The van der Waals surface area contributed by atoms with Gasteiger partial charge in [-0.05, 0) is 213 Å². The molecule has 0 fully saturated rings. The molecule has 2 aliphatic heterocycles. The fourth-order valence-corrected chi connectivity index (χ4v) is 18.0. The maximum absolute atomic E-state index is 9.60. The molecule has 13 aromatic carbocycles. The Morgan fingerprint density at radius 1 is 0.248 bits per heavy atom. The van der Waals surface area contributed by atoms with E-state index in [0.29, 0.717) is 11.1 Å². The number of benzene rings is 13. The molecule has 0 aliphatic carbocycles. The second-order valence-electron chi connectivity index (χ2n) is 39.5. The van der Waals surface area contributed by atoms with Gasteiger partial charge in [0.05, 0.1) is 51.7 Å². The molecule has 0 saturated heterocycles. The highest BCUT2D eigenvalue weighted by Gasteiger charge is 2.46. The number of hydrogen-bond acceptors (Lipinski definition) is 4. The van der Waals surface area contributed by atoms with Gasteiger partial charge in [-0.1, -0.05) is 291 Å². The number of hydrogen-bond donors (Lipinski definition) is 0. The highest BCUT2D eigenvalue weighted by molar-refractivity contribution is 7.00. The SMILES string of the molecule is [2H]c1c([2H])c([2H])c(-c2ccc3c(c2)N(c2cccc4c2oc2c(-n5c6ccc(C(C)(C)C)cc6c6cc(C(C)(C)C)ccc65)cccc24)c2cc(C(C)(C)C)cc4c2B3c2ccc(-c3cc(C(C)(C)C)cc(C(C)(C)C)c3)cc2N4c2cccc3c2oc2c(-n4c5ccc(C(C)(C)C)cc5c5cc(C(C)(C)C)ccc54)cccc23)c([2H])c1[2H]. The molecule has 4 aromatic heterocycles. The Balaban J connectivity index is 0.911. The highest BCUT2D eigenvalue weighted by Crippen LogP contribution is 2.53.